The van der Waals surface area contributed by atoms with E-state index in [1.54, 1.807) is 0 Å². The van der Waals surface area contributed by atoms with Crippen LogP contribution < -0.4 is 10.2 Å². The van der Waals surface area contributed by atoms with Crippen LogP contribution in [0.3, 0.4) is 0 Å². The number of piperidine rings is 1. The van der Waals surface area contributed by atoms with Crippen LogP contribution in [-0.2, 0) is 9.59 Å². The minimum Gasteiger partial charge on any atom is -0.357 e. The first-order chi connectivity index (χ1) is 16.3. The number of carbonyl (C=O) groups is 2. The summed E-state index contributed by atoms with van der Waals surface area (Å²) in [6, 6.07) is 15.4. The molecule has 34 heavy (non-hydrogen) atoms. The lowest BCUT2D eigenvalue weighted by molar-refractivity contribution is -0.130. The molecule has 3 aliphatic rings. The fourth-order valence-electron chi connectivity index (χ4n) is 5.61. The van der Waals surface area contributed by atoms with E-state index in [0.29, 0.717) is 11.4 Å². The summed E-state index contributed by atoms with van der Waals surface area (Å²) in [6.45, 7) is 6.11. The van der Waals surface area contributed by atoms with Crippen LogP contribution >= 0.6 is 11.6 Å². The van der Waals surface area contributed by atoms with Crippen LogP contribution in [0.1, 0.15) is 57.6 Å². The van der Waals surface area contributed by atoms with Crippen LogP contribution in [0.5, 0.6) is 0 Å². The van der Waals surface area contributed by atoms with Crippen molar-refractivity contribution in [3.05, 3.63) is 70.4 Å². The lowest BCUT2D eigenvalue weighted by Gasteiger charge is -2.39. The summed E-state index contributed by atoms with van der Waals surface area (Å²) < 4.78 is 0. The second-order valence-corrected chi connectivity index (χ2v) is 10.9. The molecule has 178 valence electrons. The van der Waals surface area contributed by atoms with Crippen molar-refractivity contribution in [2.24, 2.45) is 5.41 Å². The summed E-state index contributed by atoms with van der Waals surface area (Å²) in [5.41, 5.74) is 4.44. The third-order valence-corrected chi connectivity index (χ3v) is 7.46. The topological polar surface area (TPSA) is 52.7 Å². The summed E-state index contributed by atoms with van der Waals surface area (Å²) in [6.07, 6.45) is 4.54. The van der Waals surface area contributed by atoms with Gasteiger partial charge in [-0.1, -0.05) is 49.7 Å². The number of carbonyl (C=O) groups excluding carboxylic acids is 2. The van der Waals surface area contributed by atoms with E-state index in [2.05, 4.69) is 24.1 Å². The number of nitrogens with one attached hydrogen (secondary N) is 1. The minimum atomic E-state index is -0.360. The Balaban J connectivity index is 1.66. The molecule has 2 aliphatic heterocycles. The Morgan fingerprint density at radius 3 is 2.47 bits per heavy atom. The van der Waals surface area contributed by atoms with Crippen molar-refractivity contribution < 1.29 is 9.59 Å². The minimum absolute atomic E-state index is 0.112. The average molecular weight is 478 g/mol. The maximum Gasteiger partial charge on any atom is 0.242 e. The Morgan fingerprint density at radius 1 is 1.03 bits per heavy atom. The van der Waals surface area contributed by atoms with Crippen molar-refractivity contribution in [1.29, 1.82) is 0 Å². The van der Waals surface area contributed by atoms with Crippen molar-refractivity contribution in [2.75, 3.05) is 29.9 Å². The molecule has 1 unspecified atom stereocenters. The highest BCUT2D eigenvalue weighted by molar-refractivity contribution is 6.30. The molecule has 0 saturated carbocycles. The van der Waals surface area contributed by atoms with E-state index < -0.39 is 0 Å². The number of amides is 1. The first kappa shape index (κ1) is 23.0. The molecule has 6 heteroatoms. The van der Waals surface area contributed by atoms with Crippen LogP contribution in [0.2, 0.25) is 5.02 Å². The molecular formula is C28H32ClN3O2. The Kier molecular flexibility index (Phi) is 6.15. The molecule has 2 aromatic carbocycles. The maximum absolute atomic E-state index is 13.7. The summed E-state index contributed by atoms with van der Waals surface area (Å²) in [4.78, 5) is 31.3. The number of benzene rings is 2. The third-order valence-electron chi connectivity index (χ3n) is 7.20. The van der Waals surface area contributed by atoms with Gasteiger partial charge in [0.25, 0.3) is 0 Å². The normalized spacial score (nSPS) is 22.0. The van der Waals surface area contributed by atoms with Crippen molar-refractivity contribution in [3.63, 3.8) is 0 Å². The summed E-state index contributed by atoms with van der Waals surface area (Å²) in [7, 11) is 0. The van der Waals surface area contributed by atoms with E-state index in [1.807, 2.05) is 53.4 Å². The Bertz CT molecular complexity index is 1130. The zero-order chi connectivity index (χ0) is 23.9. The van der Waals surface area contributed by atoms with E-state index in [9.17, 15) is 9.59 Å². The second-order valence-electron chi connectivity index (χ2n) is 10.5. The summed E-state index contributed by atoms with van der Waals surface area (Å²) in [5, 5.41) is 4.26. The number of likely N-dealkylation sites (tertiary alicyclic amines) is 1. The molecule has 2 aromatic rings. The molecule has 1 aliphatic carbocycles. The summed E-state index contributed by atoms with van der Waals surface area (Å²) in [5.74, 6) is 0.253. The third kappa shape index (κ3) is 4.46. The van der Waals surface area contributed by atoms with Gasteiger partial charge in [0.15, 0.2) is 5.78 Å². The van der Waals surface area contributed by atoms with Gasteiger partial charge in [0.2, 0.25) is 5.91 Å². The Labute approximate surface area is 206 Å². The second kappa shape index (κ2) is 9.10. The lowest BCUT2D eigenvalue weighted by Crippen LogP contribution is -2.45. The number of Topliss-reactive ketones (excluding diaryl/α,β-unsaturated/α-hetero) is 1. The van der Waals surface area contributed by atoms with E-state index in [1.165, 1.54) is 6.42 Å². The summed E-state index contributed by atoms with van der Waals surface area (Å²) >= 11 is 6.22. The number of fused-ring (bicyclic) bond motifs is 1. The molecule has 5 nitrogen and oxygen atoms in total. The standard InChI is InChI=1S/C28H32ClN3O2/c1-28(2)16-22-26(24(33)17-28)27(19-10-12-20(29)13-11-19)32(23-9-5-4-8-21(23)30-22)18-25(34)31-14-6-3-7-15-31/h4-5,8-13,27,30H,3,6-7,14-18H2,1-2H3. The predicted octanol–water partition coefficient (Wildman–Crippen LogP) is 5.97. The monoisotopic (exact) mass is 477 g/mol. The number of ketones is 1. The van der Waals surface area contributed by atoms with Gasteiger partial charge < -0.3 is 15.1 Å². The highest BCUT2D eigenvalue weighted by Crippen LogP contribution is 2.48. The van der Waals surface area contributed by atoms with Gasteiger partial charge in [-0.15, -0.1) is 0 Å². The number of allylic oxidation sites excluding steroid dienone is 1. The molecule has 1 atom stereocenters. The number of hydrogen-bond acceptors (Lipinski definition) is 4. The van der Waals surface area contributed by atoms with Crippen molar-refractivity contribution in [2.45, 2.75) is 52.0 Å². The Morgan fingerprint density at radius 2 is 1.74 bits per heavy atom. The van der Waals surface area contributed by atoms with Crippen LogP contribution in [0.15, 0.2) is 59.8 Å². The van der Waals surface area contributed by atoms with Gasteiger partial charge in [0, 0.05) is 35.8 Å². The van der Waals surface area contributed by atoms with Gasteiger partial charge >= 0.3 is 0 Å². The molecule has 1 saturated heterocycles. The smallest absolute Gasteiger partial charge is 0.242 e. The van der Waals surface area contributed by atoms with Gasteiger partial charge in [0.1, 0.15) is 0 Å². The maximum atomic E-state index is 13.7. The SMILES string of the molecule is CC1(C)CC(=O)C2=C(C1)Nc1ccccc1N(CC(=O)N1CCCCC1)C2c1ccc(Cl)cc1. The molecule has 5 rings (SSSR count). The van der Waals surface area contributed by atoms with E-state index in [4.69, 9.17) is 11.6 Å². The van der Waals surface area contributed by atoms with Gasteiger partial charge in [-0.05, 0) is 60.9 Å². The first-order valence-corrected chi connectivity index (χ1v) is 12.6. The fourth-order valence-corrected chi connectivity index (χ4v) is 5.73. The largest absolute Gasteiger partial charge is 0.357 e. The van der Waals surface area contributed by atoms with Crippen molar-refractivity contribution in [1.82, 2.24) is 4.90 Å². The van der Waals surface area contributed by atoms with Gasteiger partial charge in [-0.25, -0.2) is 0 Å². The lowest BCUT2D eigenvalue weighted by atomic mass is 9.73. The number of para-hydroxylation sites is 2. The molecule has 0 spiro atoms. The molecular weight excluding hydrogens is 446 g/mol. The number of anilines is 2. The van der Waals surface area contributed by atoms with Gasteiger partial charge in [0.05, 0.1) is 24.0 Å². The van der Waals surface area contributed by atoms with E-state index >= 15 is 0 Å². The van der Waals surface area contributed by atoms with Crippen molar-refractivity contribution >= 4 is 34.7 Å². The van der Waals surface area contributed by atoms with Crippen LogP contribution in [0.4, 0.5) is 11.4 Å². The van der Waals surface area contributed by atoms with Crippen LogP contribution in [0.25, 0.3) is 0 Å². The molecule has 0 aromatic heterocycles. The van der Waals surface area contributed by atoms with Crippen LogP contribution in [-0.4, -0.2) is 36.2 Å². The molecule has 0 bridgehead atoms. The number of hydrogen-bond donors (Lipinski definition) is 1. The number of halogens is 1. The first-order valence-electron chi connectivity index (χ1n) is 12.2. The van der Waals surface area contributed by atoms with Crippen molar-refractivity contribution in [3.8, 4) is 0 Å². The molecule has 1 fully saturated rings. The number of rotatable bonds is 3. The van der Waals surface area contributed by atoms with E-state index in [0.717, 1.165) is 60.6 Å². The molecule has 1 N–H and O–H groups in total. The molecule has 2 heterocycles. The molecule has 0 radical (unpaired) electrons. The fraction of sp³-hybridized carbons (Fsp3) is 0.429. The number of nitrogens with zero attached hydrogens (tertiary/aromatic N) is 2. The zero-order valence-corrected chi connectivity index (χ0v) is 20.7. The molecule has 1 amide bonds. The highest BCUT2D eigenvalue weighted by atomic mass is 35.5. The van der Waals surface area contributed by atoms with Gasteiger partial charge in [-0.2, -0.15) is 0 Å². The zero-order valence-electron chi connectivity index (χ0n) is 19.9. The highest BCUT2D eigenvalue weighted by Gasteiger charge is 2.42. The average Bonchev–Trinajstić information content (AvgIpc) is 2.94. The Hall–Kier alpha value is -2.79. The predicted molar refractivity (Wildman–Crippen MR) is 137 cm³/mol. The van der Waals surface area contributed by atoms with Crippen LogP contribution in [0, 0.1) is 5.41 Å². The van der Waals surface area contributed by atoms with E-state index in [-0.39, 0.29) is 29.7 Å². The quantitative estimate of drug-likeness (QED) is 0.591. The van der Waals surface area contributed by atoms with Gasteiger partial charge in [-0.3, -0.25) is 9.59 Å².